The number of phenols is 1. The van der Waals surface area contributed by atoms with Crippen molar-refractivity contribution < 1.29 is 22.7 Å². The minimum Gasteiger partial charge on any atom is -0.504 e. The van der Waals surface area contributed by atoms with Crippen LogP contribution in [-0.2, 0) is 0 Å². The fourth-order valence-electron chi connectivity index (χ4n) is 0.752. The Hall–Kier alpha value is -1.26. The summed E-state index contributed by atoms with van der Waals surface area (Å²) in [5, 5.41) is 8.67. The molecule has 0 spiro atoms. The number of hydrogen-bond donors (Lipinski definition) is 1. The van der Waals surface area contributed by atoms with Crippen molar-refractivity contribution in [2.45, 2.75) is 6.43 Å². The summed E-state index contributed by atoms with van der Waals surface area (Å²) < 4.78 is 48.4. The normalized spacial score (nSPS) is 10.8. The lowest BCUT2D eigenvalue weighted by molar-refractivity contribution is 0.146. The predicted molar refractivity (Wildman–Crippen MR) is 33.0 cm³/mol. The van der Waals surface area contributed by atoms with Gasteiger partial charge in [-0.3, -0.25) is 0 Å². The second-order valence-electron chi connectivity index (χ2n) is 2.13. The van der Waals surface area contributed by atoms with Crippen molar-refractivity contribution in [1.29, 1.82) is 0 Å². The van der Waals surface area contributed by atoms with E-state index in [1.165, 1.54) is 0 Å². The van der Waals surface area contributed by atoms with Gasteiger partial charge in [-0.25, -0.2) is 17.6 Å². The molecule has 66 valence electrons. The van der Waals surface area contributed by atoms with Crippen LogP contribution in [0.15, 0.2) is 12.1 Å². The van der Waals surface area contributed by atoms with Crippen molar-refractivity contribution in [3.8, 4) is 5.75 Å². The molecule has 0 radical (unpaired) electrons. The van der Waals surface area contributed by atoms with E-state index in [0.717, 1.165) is 0 Å². The molecule has 1 nitrogen and oxygen atoms in total. The number of aromatic hydroxyl groups is 1. The molecule has 0 aliphatic rings. The third-order valence-electron chi connectivity index (χ3n) is 1.29. The number of rotatable bonds is 1. The SMILES string of the molecule is Oc1c(F)cc(F)cc1C(F)F. The molecule has 12 heavy (non-hydrogen) atoms. The summed E-state index contributed by atoms with van der Waals surface area (Å²) in [6.45, 7) is 0. The van der Waals surface area contributed by atoms with Gasteiger partial charge in [0, 0.05) is 6.07 Å². The van der Waals surface area contributed by atoms with Gasteiger partial charge in [-0.15, -0.1) is 0 Å². The van der Waals surface area contributed by atoms with E-state index in [1.807, 2.05) is 0 Å². The second kappa shape index (κ2) is 3.00. The van der Waals surface area contributed by atoms with Gasteiger partial charge in [-0.1, -0.05) is 0 Å². The zero-order valence-electron chi connectivity index (χ0n) is 5.69. The molecule has 0 saturated heterocycles. The summed E-state index contributed by atoms with van der Waals surface area (Å²) in [5.41, 5.74) is -1.03. The van der Waals surface area contributed by atoms with Crippen LogP contribution >= 0.6 is 0 Å². The van der Waals surface area contributed by atoms with E-state index >= 15 is 0 Å². The van der Waals surface area contributed by atoms with E-state index in [2.05, 4.69) is 0 Å². The molecule has 0 bridgehead atoms. The highest BCUT2D eigenvalue weighted by molar-refractivity contribution is 5.34. The number of benzene rings is 1. The number of alkyl halides is 2. The highest BCUT2D eigenvalue weighted by atomic mass is 19.3. The van der Waals surface area contributed by atoms with Crippen LogP contribution in [0.2, 0.25) is 0 Å². The Morgan fingerprint density at radius 3 is 2.25 bits per heavy atom. The first-order chi connectivity index (χ1) is 5.52. The van der Waals surface area contributed by atoms with Gasteiger partial charge < -0.3 is 5.11 Å². The van der Waals surface area contributed by atoms with E-state index in [-0.39, 0.29) is 0 Å². The van der Waals surface area contributed by atoms with Gasteiger partial charge in [0.2, 0.25) is 0 Å². The van der Waals surface area contributed by atoms with E-state index in [4.69, 9.17) is 5.11 Å². The molecular weight excluding hydrogens is 176 g/mol. The average molecular weight is 180 g/mol. The zero-order chi connectivity index (χ0) is 9.30. The smallest absolute Gasteiger partial charge is 0.267 e. The number of hydrogen-bond acceptors (Lipinski definition) is 1. The molecule has 1 rings (SSSR count). The van der Waals surface area contributed by atoms with Gasteiger partial charge in [-0.2, -0.15) is 0 Å². The molecule has 0 amide bonds. The molecule has 0 unspecified atom stereocenters. The lowest BCUT2D eigenvalue weighted by Crippen LogP contribution is -1.90. The lowest BCUT2D eigenvalue weighted by atomic mass is 10.2. The Kier molecular flexibility index (Phi) is 2.21. The topological polar surface area (TPSA) is 20.2 Å². The van der Waals surface area contributed by atoms with Crippen LogP contribution in [0.3, 0.4) is 0 Å². The van der Waals surface area contributed by atoms with Gasteiger partial charge in [0.1, 0.15) is 5.82 Å². The summed E-state index contributed by atoms with van der Waals surface area (Å²) in [6.07, 6.45) is -3.09. The maximum atomic E-state index is 12.4. The highest BCUT2D eigenvalue weighted by Crippen LogP contribution is 2.30. The van der Waals surface area contributed by atoms with E-state index in [0.29, 0.717) is 12.1 Å². The van der Waals surface area contributed by atoms with Crippen LogP contribution in [0.1, 0.15) is 12.0 Å². The molecular formula is C7H4F4O. The molecule has 5 heteroatoms. The summed E-state index contributed by atoms with van der Waals surface area (Å²) in [5.74, 6) is -3.72. The van der Waals surface area contributed by atoms with Gasteiger partial charge in [0.15, 0.2) is 11.6 Å². The molecule has 0 fully saturated rings. The zero-order valence-corrected chi connectivity index (χ0v) is 5.69. The van der Waals surface area contributed by atoms with Crippen LogP contribution in [0.5, 0.6) is 5.75 Å². The average Bonchev–Trinajstić information content (AvgIpc) is 1.96. The third-order valence-corrected chi connectivity index (χ3v) is 1.29. The van der Waals surface area contributed by atoms with Gasteiger partial charge in [-0.05, 0) is 6.07 Å². The highest BCUT2D eigenvalue weighted by Gasteiger charge is 2.17. The van der Waals surface area contributed by atoms with E-state index < -0.39 is 29.4 Å². The maximum absolute atomic E-state index is 12.4. The first kappa shape index (κ1) is 8.83. The lowest BCUT2D eigenvalue weighted by Gasteiger charge is -2.03. The van der Waals surface area contributed by atoms with Crippen LogP contribution < -0.4 is 0 Å². The molecule has 0 aromatic heterocycles. The molecule has 0 saturated carbocycles. The molecule has 1 N–H and O–H groups in total. The molecule has 0 heterocycles. The van der Waals surface area contributed by atoms with Crippen LogP contribution in [0, 0.1) is 11.6 Å². The Morgan fingerprint density at radius 1 is 1.17 bits per heavy atom. The minimum atomic E-state index is -3.09. The molecule has 1 aromatic rings. The molecule has 1 aromatic carbocycles. The first-order valence-electron chi connectivity index (χ1n) is 2.98. The second-order valence-corrected chi connectivity index (χ2v) is 2.13. The van der Waals surface area contributed by atoms with Crippen LogP contribution in [0.25, 0.3) is 0 Å². The summed E-state index contributed by atoms with van der Waals surface area (Å²) in [7, 11) is 0. The van der Waals surface area contributed by atoms with Crippen molar-refractivity contribution >= 4 is 0 Å². The van der Waals surface area contributed by atoms with Gasteiger partial charge in [0.25, 0.3) is 6.43 Å². The van der Waals surface area contributed by atoms with Crippen molar-refractivity contribution in [2.75, 3.05) is 0 Å². The largest absolute Gasteiger partial charge is 0.504 e. The van der Waals surface area contributed by atoms with Crippen LogP contribution in [0.4, 0.5) is 17.6 Å². The summed E-state index contributed by atoms with van der Waals surface area (Å²) in [4.78, 5) is 0. The van der Waals surface area contributed by atoms with Crippen molar-refractivity contribution in [3.05, 3.63) is 29.3 Å². The molecule has 0 aliphatic heterocycles. The summed E-state index contributed by atoms with van der Waals surface area (Å²) >= 11 is 0. The Balaban J connectivity index is 3.28. The number of phenolic OH excluding ortho intramolecular Hbond substituents is 1. The van der Waals surface area contributed by atoms with Crippen molar-refractivity contribution in [1.82, 2.24) is 0 Å². The van der Waals surface area contributed by atoms with Crippen molar-refractivity contribution in [2.24, 2.45) is 0 Å². The number of halogens is 4. The predicted octanol–water partition coefficient (Wildman–Crippen LogP) is 2.61. The summed E-state index contributed by atoms with van der Waals surface area (Å²) in [6, 6.07) is 0.726. The maximum Gasteiger partial charge on any atom is 0.267 e. The first-order valence-corrected chi connectivity index (χ1v) is 2.98. The molecule has 0 aliphatic carbocycles. The quantitative estimate of drug-likeness (QED) is 0.658. The van der Waals surface area contributed by atoms with Gasteiger partial charge in [0.05, 0.1) is 5.56 Å². The fourth-order valence-corrected chi connectivity index (χ4v) is 0.752. The Bertz CT molecular complexity index is 298. The van der Waals surface area contributed by atoms with Crippen LogP contribution in [-0.4, -0.2) is 5.11 Å². The van der Waals surface area contributed by atoms with E-state index in [9.17, 15) is 17.6 Å². The fraction of sp³-hybridized carbons (Fsp3) is 0.143. The monoisotopic (exact) mass is 180 g/mol. The molecule has 0 atom stereocenters. The van der Waals surface area contributed by atoms with Crippen molar-refractivity contribution in [3.63, 3.8) is 0 Å². The third kappa shape index (κ3) is 1.49. The van der Waals surface area contributed by atoms with Gasteiger partial charge >= 0.3 is 0 Å². The Morgan fingerprint density at radius 2 is 1.75 bits per heavy atom. The Labute approximate surface area is 65.3 Å². The standard InChI is InChI=1S/C7H4F4O/c8-3-1-4(7(10)11)6(12)5(9)2-3/h1-2,7,12H. The minimum absolute atomic E-state index is 0.335. The van der Waals surface area contributed by atoms with E-state index in [1.54, 1.807) is 0 Å².